The summed E-state index contributed by atoms with van der Waals surface area (Å²) in [4.78, 5) is 16.6. The number of thiazole rings is 1. The van der Waals surface area contributed by atoms with E-state index >= 15 is 0 Å². The molecule has 1 aromatic rings. The van der Waals surface area contributed by atoms with Gasteiger partial charge >= 0.3 is 0 Å². The minimum atomic E-state index is -0.0431. The Morgan fingerprint density at radius 3 is 2.73 bits per heavy atom. The molecule has 1 unspecified atom stereocenters. The fourth-order valence-corrected chi connectivity index (χ4v) is 2.01. The molecule has 1 heterocycles. The number of amides is 1. The summed E-state index contributed by atoms with van der Waals surface area (Å²) in [6.07, 6.45) is 0. The first-order valence-electron chi connectivity index (χ1n) is 4.97. The average Bonchev–Trinajstić information content (AvgIpc) is 2.53. The lowest BCUT2D eigenvalue weighted by Crippen LogP contribution is -2.31. The minimum Gasteiger partial charge on any atom is -0.351 e. The van der Waals surface area contributed by atoms with Gasteiger partial charge in [-0.15, -0.1) is 11.3 Å². The fraction of sp³-hybridized carbons (Fsp3) is 0.600. The highest BCUT2D eigenvalue weighted by molar-refractivity contribution is 7.13. The van der Waals surface area contributed by atoms with Crippen LogP contribution in [-0.4, -0.2) is 24.0 Å². The van der Waals surface area contributed by atoms with E-state index in [1.54, 1.807) is 0 Å². The van der Waals surface area contributed by atoms with E-state index in [1.807, 2.05) is 20.8 Å². The second kappa shape index (κ2) is 5.23. The number of aromatic nitrogens is 1. The number of hydrogen-bond acceptors (Lipinski definition) is 4. The Balaban J connectivity index is 2.58. The van der Waals surface area contributed by atoms with Crippen LogP contribution in [0.2, 0.25) is 0 Å². The SMILES string of the molecule is Cc1nc(C)c(C(=O)NCC(C)CN)s1. The molecule has 0 saturated carbocycles. The molecule has 0 radical (unpaired) electrons. The van der Waals surface area contributed by atoms with E-state index in [1.165, 1.54) is 11.3 Å². The number of nitrogens with two attached hydrogens (primary N) is 1. The summed E-state index contributed by atoms with van der Waals surface area (Å²) < 4.78 is 0. The molecule has 1 rings (SSSR count). The number of nitrogens with zero attached hydrogens (tertiary/aromatic N) is 1. The molecular weight excluding hydrogens is 210 g/mol. The van der Waals surface area contributed by atoms with Gasteiger partial charge in [0.1, 0.15) is 4.88 Å². The van der Waals surface area contributed by atoms with E-state index in [2.05, 4.69) is 10.3 Å². The van der Waals surface area contributed by atoms with Gasteiger partial charge in [0, 0.05) is 6.54 Å². The Labute approximate surface area is 93.9 Å². The first-order chi connectivity index (χ1) is 7.04. The molecule has 5 heteroatoms. The highest BCUT2D eigenvalue weighted by Crippen LogP contribution is 2.16. The molecule has 0 aromatic carbocycles. The van der Waals surface area contributed by atoms with Crippen LogP contribution in [0.4, 0.5) is 0 Å². The smallest absolute Gasteiger partial charge is 0.263 e. The molecule has 1 aromatic heterocycles. The summed E-state index contributed by atoms with van der Waals surface area (Å²) >= 11 is 1.43. The van der Waals surface area contributed by atoms with E-state index < -0.39 is 0 Å². The van der Waals surface area contributed by atoms with Crippen LogP contribution in [0.1, 0.15) is 27.3 Å². The number of carbonyl (C=O) groups is 1. The van der Waals surface area contributed by atoms with Crippen molar-refractivity contribution in [3.63, 3.8) is 0 Å². The van der Waals surface area contributed by atoms with Crippen LogP contribution >= 0.6 is 11.3 Å². The summed E-state index contributed by atoms with van der Waals surface area (Å²) in [5, 5.41) is 3.78. The normalized spacial score (nSPS) is 12.5. The lowest BCUT2D eigenvalue weighted by Gasteiger charge is -2.09. The fourth-order valence-electron chi connectivity index (χ4n) is 1.17. The van der Waals surface area contributed by atoms with Gasteiger partial charge in [-0.2, -0.15) is 0 Å². The van der Waals surface area contributed by atoms with Gasteiger partial charge < -0.3 is 11.1 Å². The third-order valence-electron chi connectivity index (χ3n) is 2.12. The Bertz CT molecular complexity index is 348. The summed E-state index contributed by atoms with van der Waals surface area (Å²) in [6, 6.07) is 0. The van der Waals surface area contributed by atoms with E-state index in [0.29, 0.717) is 23.9 Å². The van der Waals surface area contributed by atoms with Gasteiger partial charge in [0.05, 0.1) is 10.7 Å². The van der Waals surface area contributed by atoms with Crippen LogP contribution in [0.25, 0.3) is 0 Å². The zero-order valence-corrected chi connectivity index (χ0v) is 10.1. The van der Waals surface area contributed by atoms with Gasteiger partial charge in [0.15, 0.2) is 0 Å². The molecular formula is C10H17N3OS. The van der Waals surface area contributed by atoms with Gasteiger partial charge in [-0.05, 0) is 26.3 Å². The van der Waals surface area contributed by atoms with Crippen molar-refractivity contribution in [2.75, 3.05) is 13.1 Å². The monoisotopic (exact) mass is 227 g/mol. The predicted octanol–water partition coefficient (Wildman–Crippen LogP) is 1.08. The molecule has 1 amide bonds. The summed E-state index contributed by atoms with van der Waals surface area (Å²) in [6.45, 7) is 6.96. The van der Waals surface area contributed by atoms with Crippen LogP contribution in [0.3, 0.4) is 0 Å². The first kappa shape index (κ1) is 12.1. The number of aryl methyl sites for hydroxylation is 2. The van der Waals surface area contributed by atoms with E-state index in [9.17, 15) is 4.79 Å². The molecule has 0 aliphatic rings. The van der Waals surface area contributed by atoms with E-state index in [0.717, 1.165) is 10.7 Å². The highest BCUT2D eigenvalue weighted by Gasteiger charge is 2.13. The van der Waals surface area contributed by atoms with Gasteiger partial charge in [-0.25, -0.2) is 4.98 Å². The minimum absolute atomic E-state index is 0.0431. The summed E-state index contributed by atoms with van der Waals surface area (Å²) in [5.74, 6) is 0.265. The number of hydrogen-bond donors (Lipinski definition) is 2. The molecule has 0 saturated heterocycles. The number of rotatable bonds is 4. The average molecular weight is 227 g/mol. The van der Waals surface area contributed by atoms with Crippen molar-refractivity contribution in [3.8, 4) is 0 Å². The number of carbonyl (C=O) groups excluding carboxylic acids is 1. The molecule has 84 valence electrons. The lowest BCUT2D eigenvalue weighted by molar-refractivity contribution is 0.0952. The maximum Gasteiger partial charge on any atom is 0.263 e. The zero-order chi connectivity index (χ0) is 11.4. The molecule has 0 aliphatic heterocycles. The maximum atomic E-state index is 11.7. The largest absolute Gasteiger partial charge is 0.351 e. The van der Waals surface area contributed by atoms with Gasteiger partial charge in [0.25, 0.3) is 5.91 Å². The van der Waals surface area contributed by atoms with Gasteiger partial charge in [-0.1, -0.05) is 6.92 Å². The van der Waals surface area contributed by atoms with Crippen LogP contribution < -0.4 is 11.1 Å². The second-order valence-electron chi connectivity index (χ2n) is 3.70. The Hall–Kier alpha value is -0.940. The van der Waals surface area contributed by atoms with Crippen LogP contribution in [0.15, 0.2) is 0 Å². The zero-order valence-electron chi connectivity index (χ0n) is 9.33. The van der Waals surface area contributed by atoms with Crippen LogP contribution in [0, 0.1) is 19.8 Å². The maximum absolute atomic E-state index is 11.7. The standard InChI is InChI=1S/C10H17N3OS/c1-6(4-11)5-12-10(14)9-7(2)13-8(3)15-9/h6H,4-5,11H2,1-3H3,(H,12,14). The van der Waals surface area contributed by atoms with Gasteiger partial charge in [0.2, 0.25) is 0 Å². The molecule has 1 atom stereocenters. The van der Waals surface area contributed by atoms with Crippen molar-refractivity contribution < 1.29 is 4.79 Å². The second-order valence-corrected chi connectivity index (χ2v) is 4.90. The first-order valence-corrected chi connectivity index (χ1v) is 5.78. The third kappa shape index (κ3) is 3.28. The third-order valence-corrected chi connectivity index (χ3v) is 3.19. The number of nitrogens with one attached hydrogen (secondary N) is 1. The van der Waals surface area contributed by atoms with Crippen molar-refractivity contribution in [1.82, 2.24) is 10.3 Å². The highest BCUT2D eigenvalue weighted by atomic mass is 32.1. The van der Waals surface area contributed by atoms with Crippen molar-refractivity contribution >= 4 is 17.2 Å². The van der Waals surface area contributed by atoms with Crippen molar-refractivity contribution in [2.45, 2.75) is 20.8 Å². The molecule has 0 fully saturated rings. The Morgan fingerprint density at radius 2 is 2.27 bits per heavy atom. The van der Waals surface area contributed by atoms with Crippen molar-refractivity contribution in [2.24, 2.45) is 11.7 Å². The molecule has 15 heavy (non-hydrogen) atoms. The predicted molar refractivity (Wildman–Crippen MR) is 62.1 cm³/mol. The lowest BCUT2D eigenvalue weighted by atomic mass is 10.2. The Morgan fingerprint density at radius 1 is 1.60 bits per heavy atom. The van der Waals surface area contributed by atoms with E-state index in [-0.39, 0.29) is 5.91 Å². The van der Waals surface area contributed by atoms with Gasteiger partial charge in [-0.3, -0.25) is 4.79 Å². The van der Waals surface area contributed by atoms with E-state index in [4.69, 9.17) is 5.73 Å². The van der Waals surface area contributed by atoms with Crippen LogP contribution in [-0.2, 0) is 0 Å². The van der Waals surface area contributed by atoms with Crippen LogP contribution in [0.5, 0.6) is 0 Å². The molecule has 3 N–H and O–H groups in total. The topological polar surface area (TPSA) is 68.0 Å². The molecule has 0 aliphatic carbocycles. The molecule has 0 bridgehead atoms. The molecule has 0 spiro atoms. The Kier molecular flexibility index (Phi) is 4.23. The molecule has 4 nitrogen and oxygen atoms in total. The quantitative estimate of drug-likeness (QED) is 0.809. The summed E-state index contributed by atoms with van der Waals surface area (Å²) in [5.41, 5.74) is 6.27. The van der Waals surface area contributed by atoms with Crippen molar-refractivity contribution in [1.29, 1.82) is 0 Å². The summed E-state index contributed by atoms with van der Waals surface area (Å²) in [7, 11) is 0. The van der Waals surface area contributed by atoms with Crippen molar-refractivity contribution in [3.05, 3.63) is 15.6 Å².